The van der Waals surface area contributed by atoms with E-state index in [-0.39, 0.29) is 12.3 Å². The average molecular weight is 243 g/mol. The Bertz CT molecular complexity index is 546. The summed E-state index contributed by atoms with van der Waals surface area (Å²) >= 11 is 0. The number of hydrogen-bond acceptors (Lipinski definition) is 2. The molecule has 0 aliphatic carbocycles. The molecule has 2 aromatic rings. The predicted octanol–water partition coefficient (Wildman–Crippen LogP) is 2.43. The molecule has 94 valence electrons. The van der Waals surface area contributed by atoms with E-state index in [4.69, 9.17) is 10.8 Å². The van der Waals surface area contributed by atoms with Gasteiger partial charge in [-0.05, 0) is 35.2 Å². The molecule has 2 rings (SSSR count). The van der Waals surface area contributed by atoms with Gasteiger partial charge in [-0.2, -0.15) is 0 Å². The van der Waals surface area contributed by atoms with Gasteiger partial charge in [0, 0.05) is 6.42 Å². The molecule has 0 aliphatic heterocycles. The number of fused-ring (bicyclic) bond motifs is 1. The predicted molar refractivity (Wildman–Crippen MR) is 72.4 cm³/mol. The molecule has 0 heterocycles. The van der Waals surface area contributed by atoms with E-state index in [1.807, 2.05) is 24.3 Å². The number of nitrogens with two attached hydrogens (primary N) is 1. The monoisotopic (exact) mass is 243 g/mol. The molecular formula is C15H17NO2. The molecule has 0 bridgehead atoms. The summed E-state index contributed by atoms with van der Waals surface area (Å²) in [5.74, 6) is -0.793. The fraction of sp³-hybridized carbons (Fsp3) is 0.267. The van der Waals surface area contributed by atoms with Crippen LogP contribution in [0.5, 0.6) is 0 Å². The van der Waals surface area contributed by atoms with Crippen molar-refractivity contribution in [2.75, 3.05) is 6.54 Å². The minimum Gasteiger partial charge on any atom is -0.481 e. The second-order valence-corrected chi connectivity index (χ2v) is 4.54. The number of carboxylic acids is 1. The molecule has 3 heteroatoms. The van der Waals surface area contributed by atoms with Crippen LogP contribution in [0, 0.1) is 5.92 Å². The lowest BCUT2D eigenvalue weighted by Crippen LogP contribution is -2.20. The van der Waals surface area contributed by atoms with Crippen LogP contribution in [0.3, 0.4) is 0 Å². The maximum absolute atomic E-state index is 10.8. The van der Waals surface area contributed by atoms with Crippen molar-refractivity contribution in [2.45, 2.75) is 12.8 Å². The molecule has 1 atom stereocenters. The fourth-order valence-corrected chi connectivity index (χ4v) is 2.27. The number of rotatable bonds is 5. The quantitative estimate of drug-likeness (QED) is 0.847. The highest BCUT2D eigenvalue weighted by molar-refractivity contribution is 5.85. The van der Waals surface area contributed by atoms with Gasteiger partial charge < -0.3 is 10.8 Å². The van der Waals surface area contributed by atoms with Gasteiger partial charge in [-0.3, -0.25) is 4.79 Å². The van der Waals surface area contributed by atoms with E-state index >= 15 is 0 Å². The van der Waals surface area contributed by atoms with Crippen LogP contribution in [0.25, 0.3) is 10.8 Å². The first-order valence-electron chi connectivity index (χ1n) is 6.09. The van der Waals surface area contributed by atoms with E-state index in [9.17, 15) is 4.79 Å². The molecular weight excluding hydrogens is 226 g/mol. The molecule has 0 spiro atoms. The Morgan fingerprint density at radius 2 is 1.89 bits per heavy atom. The van der Waals surface area contributed by atoms with Crippen molar-refractivity contribution in [3.63, 3.8) is 0 Å². The zero-order valence-electron chi connectivity index (χ0n) is 10.2. The summed E-state index contributed by atoms with van der Waals surface area (Å²) in [6.45, 7) is 0.398. The van der Waals surface area contributed by atoms with Crippen molar-refractivity contribution in [3.05, 3.63) is 48.0 Å². The van der Waals surface area contributed by atoms with Gasteiger partial charge >= 0.3 is 5.97 Å². The minimum atomic E-state index is -0.786. The summed E-state index contributed by atoms with van der Waals surface area (Å²) in [4.78, 5) is 10.8. The highest BCUT2D eigenvalue weighted by Gasteiger charge is 2.13. The molecule has 18 heavy (non-hydrogen) atoms. The second kappa shape index (κ2) is 5.65. The minimum absolute atomic E-state index is 0.00620. The highest BCUT2D eigenvalue weighted by Crippen LogP contribution is 2.22. The van der Waals surface area contributed by atoms with Gasteiger partial charge in [0.2, 0.25) is 0 Å². The van der Waals surface area contributed by atoms with E-state index in [0.29, 0.717) is 13.0 Å². The smallest absolute Gasteiger partial charge is 0.303 e. The van der Waals surface area contributed by atoms with Gasteiger partial charge in [-0.1, -0.05) is 42.5 Å². The number of carboxylic acid groups (broad SMARTS) is 1. The van der Waals surface area contributed by atoms with Crippen LogP contribution in [-0.2, 0) is 11.2 Å². The summed E-state index contributed by atoms with van der Waals surface area (Å²) < 4.78 is 0. The first-order chi connectivity index (χ1) is 8.70. The van der Waals surface area contributed by atoms with Gasteiger partial charge in [0.05, 0.1) is 0 Å². The maximum Gasteiger partial charge on any atom is 0.303 e. The van der Waals surface area contributed by atoms with Crippen LogP contribution in [-0.4, -0.2) is 17.6 Å². The molecule has 0 fully saturated rings. The molecule has 0 unspecified atom stereocenters. The topological polar surface area (TPSA) is 63.3 Å². The van der Waals surface area contributed by atoms with Crippen molar-refractivity contribution in [3.8, 4) is 0 Å². The molecule has 0 saturated heterocycles. The summed E-state index contributed by atoms with van der Waals surface area (Å²) in [5.41, 5.74) is 6.82. The number of aliphatic carboxylic acids is 1. The highest BCUT2D eigenvalue weighted by atomic mass is 16.4. The third-order valence-corrected chi connectivity index (χ3v) is 3.19. The van der Waals surface area contributed by atoms with Gasteiger partial charge in [0.1, 0.15) is 0 Å². The molecule has 3 nitrogen and oxygen atoms in total. The Hall–Kier alpha value is -1.87. The van der Waals surface area contributed by atoms with E-state index in [2.05, 4.69) is 18.2 Å². The van der Waals surface area contributed by atoms with E-state index < -0.39 is 5.97 Å². The van der Waals surface area contributed by atoms with Crippen molar-refractivity contribution in [2.24, 2.45) is 11.7 Å². The third kappa shape index (κ3) is 2.87. The van der Waals surface area contributed by atoms with E-state index in [1.54, 1.807) is 0 Å². The van der Waals surface area contributed by atoms with E-state index in [0.717, 1.165) is 0 Å². The number of benzene rings is 2. The summed E-state index contributed by atoms with van der Waals surface area (Å²) in [7, 11) is 0. The lowest BCUT2D eigenvalue weighted by molar-refractivity contribution is -0.138. The Kier molecular flexibility index (Phi) is 3.95. The van der Waals surface area contributed by atoms with Crippen LogP contribution >= 0.6 is 0 Å². The molecule has 0 radical (unpaired) electrons. The zero-order valence-corrected chi connectivity index (χ0v) is 10.2. The fourth-order valence-electron chi connectivity index (χ4n) is 2.27. The third-order valence-electron chi connectivity index (χ3n) is 3.19. The lowest BCUT2D eigenvalue weighted by atomic mass is 9.93. The summed E-state index contributed by atoms with van der Waals surface area (Å²) in [6.07, 6.45) is 0.837. The van der Waals surface area contributed by atoms with Gasteiger partial charge in [-0.15, -0.1) is 0 Å². The molecule has 2 aromatic carbocycles. The Morgan fingerprint density at radius 1 is 1.17 bits per heavy atom. The van der Waals surface area contributed by atoms with Gasteiger partial charge in [0.25, 0.3) is 0 Å². The molecule has 3 N–H and O–H groups in total. The Balaban J connectivity index is 2.27. The number of hydrogen-bond donors (Lipinski definition) is 2. The largest absolute Gasteiger partial charge is 0.481 e. The van der Waals surface area contributed by atoms with Crippen LogP contribution in [0.1, 0.15) is 12.0 Å². The second-order valence-electron chi connectivity index (χ2n) is 4.54. The Labute approximate surface area is 106 Å². The van der Waals surface area contributed by atoms with E-state index in [1.165, 1.54) is 16.3 Å². The SMILES string of the molecule is NC[C@H](CC(=O)O)Cc1cccc2ccccc12. The molecule has 0 aliphatic rings. The molecule has 0 aromatic heterocycles. The van der Waals surface area contributed by atoms with Crippen molar-refractivity contribution >= 4 is 16.7 Å². The van der Waals surface area contributed by atoms with Crippen LogP contribution < -0.4 is 5.73 Å². The van der Waals surface area contributed by atoms with Crippen LogP contribution in [0.15, 0.2) is 42.5 Å². The van der Waals surface area contributed by atoms with Crippen molar-refractivity contribution < 1.29 is 9.90 Å². The first kappa shape index (κ1) is 12.6. The normalized spacial score (nSPS) is 12.5. The maximum atomic E-state index is 10.8. The van der Waals surface area contributed by atoms with Crippen LogP contribution in [0.4, 0.5) is 0 Å². The first-order valence-corrected chi connectivity index (χ1v) is 6.09. The Morgan fingerprint density at radius 3 is 2.61 bits per heavy atom. The summed E-state index contributed by atoms with van der Waals surface area (Å²) in [6, 6.07) is 14.3. The number of carbonyl (C=O) groups is 1. The average Bonchev–Trinajstić information content (AvgIpc) is 2.38. The van der Waals surface area contributed by atoms with Crippen LogP contribution in [0.2, 0.25) is 0 Å². The summed E-state index contributed by atoms with van der Waals surface area (Å²) in [5, 5.41) is 11.2. The van der Waals surface area contributed by atoms with Gasteiger partial charge in [0.15, 0.2) is 0 Å². The molecule has 0 amide bonds. The van der Waals surface area contributed by atoms with Crippen molar-refractivity contribution in [1.82, 2.24) is 0 Å². The zero-order chi connectivity index (χ0) is 13.0. The lowest BCUT2D eigenvalue weighted by Gasteiger charge is -2.14. The standard InChI is InChI=1S/C15H17NO2/c16-10-11(9-15(17)18)8-13-6-3-5-12-4-1-2-7-14(12)13/h1-7,11H,8-10,16H2,(H,17,18)/t11-/m0/s1. The van der Waals surface area contributed by atoms with Crippen molar-refractivity contribution in [1.29, 1.82) is 0 Å². The molecule has 0 saturated carbocycles. The van der Waals surface area contributed by atoms with Gasteiger partial charge in [-0.25, -0.2) is 0 Å².